The molecule has 0 radical (unpaired) electrons. The summed E-state index contributed by atoms with van der Waals surface area (Å²) in [7, 11) is 0. The zero-order chi connectivity index (χ0) is 14.2. The summed E-state index contributed by atoms with van der Waals surface area (Å²) in [5.74, 6) is 1.27. The van der Waals surface area contributed by atoms with E-state index in [9.17, 15) is 0 Å². The lowest BCUT2D eigenvalue weighted by atomic mass is 10.1. The molecule has 0 unspecified atom stereocenters. The van der Waals surface area contributed by atoms with Gasteiger partial charge in [0.15, 0.2) is 0 Å². The Labute approximate surface area is 148 Å². The molecule has 0 spiro atoms. The summed E-state index contributed by atoms with van der Waals surface area (Å²) in [4.78, 5) is 4.27. The van der Waals surface area contributed by atoms with Crippen molar-refractivity contribution < 1.29 is 0 Å². The van der Waals surface area contributed by atoms with Gasteiger partial charge in [-0.05, 0) is 46.9 Å². The highest BCUT2D eigenvalue weighted by atomic mass is 127. The predicted octanol–water partition coefficient (Wildman–Crippen LogP) is 7.53. The van der Waals surface area contributed by atoms with Gasteiger partial charge in [0.2, 0.25) is 0 Å². The Morgan fingerprint density at radius 2 is 1.65 bits per heavy atom. The number of hydrogen-bond acceptors (Lipinski definition) is 3. The summed E-state index contributed by atoms with van der Waals surface area (Å²) in [5.41, 5.74) is 0. The van der Waals surface area contributed by atoms with E-state index >= 15 is 0 Å². The van der Waals surface area contributed by atoms with Crippen molar-refractivity contribution in [2.75, 3.05) is 5.75 Å². The minimum Gasteiger partial charge on any atom is -0.142 e. The first kappa shape index (κ1) is 16.8. The van der Waals surface area contributed by atoms with Crippen molar-refractivity contribution in [3.05, 3.63) is 26.5 Å². The molecule has 0 saturated carbocycles. The van der Waals surface area contributed by atoms with Crippen molar-refractivity contribution in [3.63, 3.8) is 0 Å². The number of halogens is 1. The average Bonchev–Trinajstić information content (AvgIpc) is 3.06. The van der Waals surface area contributed by atoms with Crippen LogP contribution >= 0.6 is 57.0 Å². The van der Waals surface area contributed by atoms with E-state index in [0.717, 1.165) is 0 Å². The van der Waals surface area contributed by atoms with Crippen molar-refractivity contribution >= 4 is 57.0 Å². The molecule has 0 fully saturated rings. The van der Waals surface area contributed by atoms with Crippen molar-refractivity contribution in [1.29, 1.82) is 0 Å². The fourth-order valence-electron chi connectivity index (χ4n) is 2.04. The number of rotatable bonds is 9. The van der Waals surface area contributed by atoms with E-state index in [-0.39, 0.29) is 0 Å². The van der Waals surface area contributed by atoms with Gasteiger partial charge < -0.3 is 0 Å². The van der Waals surface area contributed by atoms with Crippen LogP contribution in [0.4, 0.5) is 0 Å². The van der Waals surface area contributed by atoms with E-state index in [0.29, 0.717) is 0 Å². The molecule has 0 saturated heterocycles. The Hall–Kier alpha value is 0.480. The van der Waals surface area contributed by atoms with Gasteiger partial charge in [0.1, 0.15) is 0 Å². The monoisotopic (exact) mass is 436 g/mol. The van der Waals surface area contributed by atoms with Crippen molar-refractivity contribution in [3.8, 4) is 9.75 Å². The van der Waals surface area contributed by atoms with Gasteiger partial charge >= 0.3 is 0 Å². The van der Waals surface area contributed by atoms with E-state index < -0.39 is 0 Å². The third-order valence-corrected chi connectivity index (χ3v) is 7.46. The van der Waals surface area contributed by atoms with E-state index in [1.54, 1.807) is 0 Å². The minimum absolute atomic E-state index is 1.27. The third-order valence-electron chi connectivity index (χ3n) is 3.15. The molecule has 20 heavy (non-hydrogen) atoms. The maximum atomic E-state index is 2.39. The molecule has 0 aromatic carbocycles. The molecule has 0 aliphatic rings. The third kappa shape index (κ3) is 5.70. The fourth-order valence-corrected chi connectivity index (χ4v) is 5.87. The van der Waals surface area contributed by atoms with Crippen LogP contribution in [0.25, 0.3) is 9.75 Å². The Morgan fingerprint density at radius 3 is 2.40 bits per heavy atom. The van der Waals surface area contributed by atoms with Crippen LogP contribution in [0.5, 0.6) is 0 Å². The predicted molar refractivity (Wildman–Crippen MR) is 104 cm³/mol. The molecule has 4 heteroatoms. The topological polar surface area (TPSA) is 0 Å². The SMILES string of the molecule is CCCCCCCCSc1csc(-c2cc(I)cs2)c1. The molecule has 0 nitrogen and oxygen atoms in total. The summed E-state index contributed by atoms with van der Waals surface area (Å²) >= 11 is 8.13. The number of hydrogen-bond donors (Lipinski definition) is 0. The normalized spacial score (nSPS) is 11.1. The highest BCUT2D eigenvalue weighted by molar-refractivity contribution is 14.1. The molecule has 2 heterocycles. The molecular formula is C16H21IS3. The molecule has 2 aromatic heterocycles. The zero-order valence-electron chi connectivity index (χ0n) is 11.9. The molecule has 0 bridgehead atoms. The second-order valence-electron chi connectivity index (χ2n) is 4.89. The molecule has 0 atom stereocenters. The van der Waals surface area contributed by atoms with Crippen LogP contribution in [0.1, 0.15) is 45.4 Å². The van der Waals surface area contributed by atoms with Crippen LogP contribution in [0.15, 0.2) is 27.8 Å². The smallest absolute Gasteiger partial charge is 0.0454 e. The number of thiophene rings is 2. The van der Waals surface area contributed by atoms with Crippen molar-refractivity contribution in [2.45, 2.75) is 50.3 Å². The Morgan fingerprint density at radius 1 is 0.950 bits per heavy atom. The van der Waals surface area contributed by atoms with Crippen LogP contribution in [0.3, 0.4) is 0 Å². The van der Waals surface area contributed by atoms with E-state index in [1.165, 1.54) is 62.5 Å². The first-order chi connectivity index (χ1) is 9.79. The number of thioether (sulfide) groups is 1. The largest absolute Gasteiger partial charge is 0.142 e. The standard InChI is InChI=1S/C16H21IS3/c1-2-3-4-5-6-7-8-18-14-10-16(20-12-14)15-9-13(17)11-19-15/h9-12H,2-8H2,1H3. The molecule has 110 valence electrons. The van der Waals surface area contributed by atoms with Gasteiger partial charge in [-0.2, -0.15) is 0 Å². The fraction of sp³-hybridized carbons (Fsp3) is 0.500. The Kier molecular flexibility index (Phi) is 7.99. The van der Waals surface area contributed by atoms with Gasteiger partial charge in [0.05, 0.1) is 0 Å². The Balaban J connectivity index is 1.68. The second-order valence-corrected chi connectivity index (χ2v) is 9.13. The van der Waals surface area contributed by atoms with Crippen LogP contribution in [-0.2, 0) is 0 Å². The van der Waals surface area contributed by atoms with E-state index in [2.05, 4.69) is 52.4 Å². The van der Waals surface area contributed by atoms with Gasteiger partial charge in [-0.3, -0.25) is 0 Å². The number of unbranched alkanes of at least 4 members (excludes halogenated alkanes) is 5. The summed E-state index contributed by atoms with van der Waals surface area (Å²) in [6, 6.07) is 4.63. The molecule has 2 aromatic rings. The lowest BCUT2D eigenvalue weighted by molar-refractivity contribution is 0.627. The molecule has 2 rings (SSSR count). The lowest BCUT2D eigenvalue weighted by Crippen LogP contribution is -1.81. The maximum Gasteiger partial charge on any atom is 0.0454 e. The van der Waals surface area contributed by atoms with Crippen LogP contribution in [-0.4, -0.2) is 5.75 Å². The Bertz CT molecular complexity index is 501. The van der Waals surface area contributed by atoms with Gasteiger partial charge in [-0.15, -0.1) is 34.4 Å². The van der Waals surface area contributed by atoms with Crippen LogP contribution in [0.2, 0.25) is 0 Å². The summed E-state index contributed by atoms with van der Waals surface area (Å²) in [5, 5.41) is 4.53. The van der Waals surface area contributed by atoms with Gasteiger partial charge in [0.25, 0.3) is 0 Å². The molecule has 0 aliphatic heterocycles. The first-order valence-electron chi connectivity index (χ1n) is 7.25. The maximum absolute atomic E-state index is 2.39. The van der Waals surface area contributed by atoms with E-state index in [1.807, 2.05) is 34.4 Å². The summed E-state index contributed by atoms with van der Waals surface area (Å²) < 4.78 is 1.34. The molecule has 0 amide bonds. The first-order valence-corrected chi connectivity index (χ1v) is 11.1. The van der Waals surface area contributed by atoms with Crippen LogP contribution in [0, 0.1) is 3.57 Å². The second kappa shape index (κ2) is 9.49. The van der Waals surface area contributed by atoms with Gasteiger partial charge in [-0.1, -0.05) is 39.0 Å². The van der Waals surface area contributed by atoms with E-state index in [4.69, 9.17) is 0 Å². The molecule has 0 aliphatic carbocycles. The average molecular weight is 436 g/mol. The lowest BCUT2D eigenvalue weighted by Gasteiger charge is -2.00. The minimum atomic E-state index is 1.27. The summed E-state index contributed by atoms with van der Waals surface area (Å²) in [6.07, 6.45) is 8.33. The van der Waals surface area contributed by atoms with Crippen molar-refractivity contribution in [2.24, 2.45) is 0 Å². The summed E-state index contributed by atoms with van der Waals surface area (Å²) in [6.45, 7) is 2.28. The molecule has 0 N–H and O–H groups in total. The highest BCUT2D eigenvalue weighted by Gasteiger charge is 2.05. The zero-order valence-corrected chi connectivity index (χ0v) is 16.5. The van der Waals surface area contributed by atoms with Gasteiger partial charge in [0, 0.05) is 29.0 Å². The quantitative estimate of drug-likeness (QED) is 0.222. The highest BCUT2D eigenvalue weighted by Crippen LogP contribution is 2.36. The van der Waals surface area contributed by atoms with Crippen LogP contribution < -0.4 is 0 Å². The molecular weight excluding hydrogens is 415 g/mol. The van der Waals surface area contributed by atoms with Crippen molar-refractivity contribution in [1.82, 2.24) is 0 Å². The van der Waals surface area contributed by atoms with Gasteiger partial charge in [-0.25, -0.2) is 0 Å².